The van der Waals surface area contributed by atoms with Gasteiger partial charge in [0.15, 0.2) is 0 Å². The van der Waals surface area contributed by atoms with Gasteiger partial charge in [0.25, 0.3) is 0 Å². The van der Waals surface area contributed by atoms with E-state index in [0.29, 0.717) is 36.0 Å². The average molecular weight is 335 g/mol. The average Bonchev–Trinajstić information content (AvgIpc) is 2.83. The summed E-state index contributed by atoms with van der Waals surface area (Å²) in [5, 5.41) is 0. The van der Waals surface area contributed by atoms with Crippen molar-refractivity contribution in [1.82, 2.24) is 4.72 Å². The van der Waals surface area contributed by atoms with Crippen molar-refractivity contribution in [3.8, 4) is 0 Å². The van der Waals surface area contributed by atoms with Crippen LogP contribution >= 0.6 is 0 Å². The molecule has 2 aliphatic carbocycles. The van der Waals surface area contributed by atoms with Gasteiger partial charge in [-0.1, -0.05) is 31.5 Å². The van der Waals surface area contributed by atoms with Crippen LogP contribution < -0.4 is 4.72 Å². The number of benzene rings is 1. The SMILES string of the molecule is Cc1ccc(S(=O)(=O)NCC[C@@]2(C)C3CCC2(C)C(=O)C3)cc1. The first-order valence-corrected chi connectivity index (χ1v) is 9.77. The van der Waals surface area contributed by atoms with E-state index >= 15 is 0 Å². The van der Waals surface area contributed by atoms with Gasteiger partial charge in [-0.25, -0.2) is 13.1 Å². The lowest BCUT2D eigenvalue weighted by Gasteiger charge is -2.36. The molecule has 0 radical (unpaired) electrons. The van der Waals surface area contributed by atoms with Gasteiger partial charge in [-0.3, -0.25) is 4.79 Å². The Morgan fingerprint density at radius 3 is 2.39 bits per heavy atom. The molecule has 2 fully saturated rings. The third kappa shape index (κ3) is 2.54. The van der Waals surface area contributed by atoms with Gasteiger partial charge in [-0.2, -0.15) is 0 Å². The lowest BCUT2D eigenvalue weighted by Crippen LogP contribution is -2.38. The molecule has 0 saturated heterocycles. The van der Waals surface area contributed by atoms with Gasteiger partial charge in [-0.05, 0) is 49.7 Å². The maximum atomic E-state index is 12.4. The highest BCUT2D eigenvalue weighted by Crippen LogP contribution is 2.65. The van der Waals surface area contributed by atoms with Crippen molar-refractivity contribution in [3.05, 3.63) is 29.8 Å². The van der Waals surface area contributed by atoms with Crippen LogP contribution in [0.4, 0.5) is 0 Å². The first-order chi connectivity index (χ1) is 10.7. The van der Waals surface area contributed by atoms with Crippen molar-refractivity contribution in [2.75, 3.05) is 6.54 Å². The number of carbonyl (C=O) groups excluding carboxylic acids is 1. The number of ketones is 1. The number of hydrogen-bond donors (Lipinski definition) is 1. The van der Waals surface area contributed by atoms with Gasteiger partial charge in [0.2, 0.25) is 10.0 Å². The fourth-order valence-corrected chi connectivity index (χ4v) is 5.51. The summed E-state index contributed by atoms with van der Waals surface area (Å²) < 4.78 is 27.4. The van der Waals surface area contributed by atoms with E-state index in [9.17, 15) is 13.2 Å². The molecule has 2 unspecified atom stereocenters. The van der Waals surface area contributed by atoms with Crippen LogP contribution in [0.25, 0.3) is 0 Å². The zero-order chi connectivity index (χ0) is 16.9. The highest BCUT2D eigenvalue weighted by molar-refractivity contribution is 7.89. The Bertz CT molecular complexity index is 725. The van der Waals surface area contributed by atoms with Gasteiger partial charge < -0.3 is 0 Å². The van der Waals surface area contributed by atoms with E-state index in [1.807, 2.05) is 6.92 Å². The Labute approximate surface area is 138 Å². The molecular formula is C18H25NO3S. The third-order valence-electron chi connectivity index (χ3n) is 6.47. The summed E-state index contributed by atoms with van der Waals surface area (Å²) in [4.78, 5) is 12.5. The Kier molecular flexibility index (Phi) is 3.92. The van der Waals surface area contributed by atoms with Crippen molar-refractivity contribution in [3.63, 3.8) is 0 Å². The predicted octanol–water partition coefficient (Wildman–Crippen LogP) is 3.06. The molecule has 126 valence electrons. The van der Waals surface area contributed by atoms with Gasteiger partial charge >= 0.3 is 0 Å². The molecule has 1 aromatic carbocycles. The van der Waals surface area contributed by atoms with Gasteiger partial charge in [0.1, 0.15) is 5.78 Å². The van der Waals surface area contributed by atoms with Gasteiger partial charge in [0, 0.05) is 18.4 Å². The van der Waals surface area contributed by atoms with Crippen LogP contribution in [0.1, 0.15) is 45.1 Å². The van der Waals surface area contributed by atoms with E-state index in [4.69, 9.17) is 0 Å². The van der Waals surface area contributed by atoms with Gasteiger partial charge in [0.05, 0.1) is 4.90 Å². The van der Waals surface area contributed by atoms with Crippen molar-refractivity contribution in [1.29, 1.82) is 0 Å². The third-order valence-corrected chi connectivity index (χ3v) is 7.95. The first-order valence-electron chi connectivity index (χ1n) is 8.29. The normalized spacial score (nSPS) is 33.3. The second-order valence-corrected chi connectivity index (χ2v) is 9.34. The molecule has 4 nitrogen and oxygen atoms in total. The summed E-state index contributed by atoms with van der Waals surface area (Å²) in [5.74, 6) is 0.765. The summed E-state index contributed by atoms with van der Waals surface area (Å²) in [6.45, 7) is 6.54. The molecule has 2 bridgehead atoms. The van der Waals surface area contributed by atoms with Crippen LogP contribution in [0.3, 0.4) is 0 Å². The second kappa shape index (κ2) is 5.42. The lowest BCUT2D eigenvalue weighted by atomic mass is 9.67. The molecule has 0 amide bonds. The summed E-state index contributed by atoms with van der Waals surface area (Å²) >= 11 is 0. The fourth-order valence-electron chi connectivity index (χ4n) is 4.48. The largest absolute Gasteiger partial charge is 0.299 e. The van der Waals surface area contributed by atoms with Crippen molar-refractivity contribution >= 4 is 15.8 Å². The first kappa shape index (κ1) is 16.7. The molecule has 0 spiro atoms. The molecule has 1 aromatic rings. The summed E-state index contributed by atoms with van der Waals surface area (Å²) in [7, 11) is -3.48. The summed E-state index contributed by atoms with van der Waals surface area (Å²) in [6.07, 6.45) is 3.41. The Balaban J connectivity index is 1.68. The minimum Gasteiger partial charge on any atom is -0.299 e. The number of fused-ring (bicyclic) bond motifs is 2. The Hall–Kier alpha value is -1.20. The molecule has 3 atom stereocenters. The molecule has 2 saturated carbocycles. The number of Topliss-reactive ketones (excluding diaryl/α,β-unsaturated/α-hetero) is 1. The van der Waals surface area contributed by atoms with Crippen LogP contribution in [-0.4, -0.2) is 20.7 Å². The highest BCUT2D eigenvalue weighted by Gasteiger charge is 2.63. The zero-order valence-electron chi connectivity index (χ0n) is 14.1. The molecule has 1 N–H and O–H groups in total. The number of sulfonamides is 1. The Morgan fingerprint density at radius 1 is 1.22 bits per heavy atom. The highest BCUT2D eigenvalue weighted by atomic mass is 32.2. The molecule has 0 aromatic heterocycles. The molecule has 3 rings (SSSR count). The van der Waals surface area contributed by atoms with Crippen LogP contribution in [0, 0.1) is 23.7 Å². The van der Waals surface area contributed by atoms with E-state index < -0.39 is 10.0 Å². The maximum Gasteiger partial charge on any atom is 0.240 e. The fraction of sp³-hybridized carbons (Fsp3) is 0.611. The van der Waals surface area contributed by atoms with E-state index in [1.165, 1.54) is 0 Å². The number of aryl methyl sites for hydroxylation is 1. The minimum absolute atomic E-state index is 0.0835. The number of rotatable bonds is 5. The second-order valence-electron chi connectivity index (χ2n) is 7.57. The molecule has 0 heterocycles. The van der Waals surface area contributed by atoms with Crippen LogP contribution in [0.2, 0.25) is 0 Å². The van der Waals surface area contributed by atoms with Crippen LogP contribution in [0.15, 0.2) is 29.2 Å². The topological polar surface area (TPSA) is 63.2 Å². The molecule has 5 heteroatoms. The van der Waals surface area contributed by atoms with Crippen LogP contribution in [-0.2, 0) is 14.8 Å². The lowest BCUT2D eigenvalue weighted by molar-refractivity contribution is -0.128. The monoisotopic (exact) mass is 335 g/mol. The molecule has 23 heavy (non-hydrogen) atoms. The van der Waals surface area contributed by atoms with Crippen LogP contribution in [0.5, 0.6) is 0 Å². The van der Waals surface area contributed by atoms with Gasteiger partial charge in [-0.15, -0.1) is 0 Å². The Morgan fingerprint density at radius 2 is 1.87 bits per heavy atom. The molecule has 2 aliphatic rings. The standard InChI is InChI=1S/C18H25NO3S/c1-13-4-6-15(7-5-13)23(21,22)19-11-10-17(2)14-8-9-18(17,3)16(20)12-14/h4-7,14,19H,8-12H2,1-3H3/t14?,17-,18?/m0/s1. The van der Waals surface area contributed by atoms with E-state index in [2.05, 4.69) is 18.6 Å². The molecule has 0 aliphatic heterocycles. The van der Waals surface area contributed by atoms with Crippen molar-refractivity contribution in [2.24, 2.45) is 16.7 Å². The van der Waals surface area contributed by atoms with Crippen molar-refractivity contribution < 1.29 is 13.2 Å². The maximum absolute atomic E-state index is 12.4. The summed E-state index contributed by atoms with van der Waals surface area (Å²) in [6, 6.07) is 6.85. The summed E-state index contributed by atoms with van der Waals surface area (Å²) in [5.41, 5.74) is 0.678. The quantitative estimate of drug-likeness (QED) is 0.899. The zero-order valence-corrected chi connectivity index (χ0v) is 14.9. The smallest absolute Gasteiger partial charge is 0.240 e. The van der Waals surface area contributed by atoms with E-state index in [-0.39, 0.29) is 10.8 Å². The molecular weight excluding hydrogens is 310 g/mol. The number of nitrogens with one attached hydrogen (secondary N) is 1. The van der Waals surface area contributed by atoms with E-state index in [1.54, 1.807) is 24.3 Å². The predicted molar refractivity (Wildman–Crippen MR) is 89.5 cm³/mol. The number of carbonyl (C=O) groups is 1. The minimum atomic E-state index is -3.48. The van der Waals surface area contributed by atoms with E-state index in [0.717, 1.165) is 18.4 Å². The number of hydrogen-bond acceptors (Lipinski definition) is 3. The van der Waals surface area contributed by atoms with Crippen molar-refractivity contribution in [2.45, 2.75) is 51.3 Å².